The Balaban J connectivity index is 1.57. The van der Waals surface area contributed by atoms with E-state index in [1.807, 2.05) is 30.3 Å². The van der Waals surface area contributed by atoms with Crippen LogP contribution in [-0.4, -0.2) is 46.7 Å². The van der Waals surface area contributed by atoms with Crippen LogP contribution in [0.5, 0.6) is 0 Å². The van der Waals surface area contributed by atoms with Gasteiger partial charge in [-0.25, -0.2) is 4.79 Å². The Hall–Kier alpha value is -1.92. The molecule has 3 atom stereocenters. The summed E-state index contributed by atoms with van der Waals surface area (Å²) in [7, 11) is 0. The van der Waals surface area contributed by atoms with E-state index in [1.165, 1.54) is 0 Å². The van der Waals surface area contributed by atoms with Crippen molar-refractivity contribution < 1.29 is 19.4 Å². The normalized spacial score (nSPS) is 28.4. The molecular formula is C21H30N2O4. The number of urea groups is 1. The minimum absolute atomic E-state index is 0.00593. The molecule has 1 saturated carbocycles. The zero-order valence-electron chi connectivity index (χ0n) is 16.4. The molecule has 2 aliphatic rings. The van der Waals surface area contributed by atoms with Crippen LogP contribution in [-0.2, 0) is 16.1 Å². The quantitative estimate of drug-likeness (QED) is 0.751. The highest BCUT2D eigenvalue weighted by Crippen LogP contribution is 2.46. The monoisotopic (exact) mass is 374 g/mol. The number of nitrogens with one attached hydrogen (secondary N) is 1. The first kappa shape index (κ1) is 19.8. The van der Waals surface area contributed by atoms with E-state index < -0.39 is 17.7 Å². The summed E-state index contributed by atoms with van der Waals surface area (Å²) >= 11 is 0. The number of β-amino-alcohol motifs (C(OH)–C–C–N with tert-alkyl or cyclic N) is 1. The molecular weight excluding hydrogens is 344 g/mol. The number of hydrogen-bond acceptors (Lipinski definition) is 4. The molecule has 3 rings (SSSR count). The van der Waals surface area contributed by atoms with E-state index in [0.717, 1.165) is 16.9 Å². The highest BCUT2D eigenvalue weighted by Gasteiger charge is 2.56. The van der Waals surface area contributed by atoms with Crippen LogP contribution in [0.3, 0.4) is 0 Å². The third-order valence-electron chi connectivity index (χ3n) is 5.44. The number of benzene rings is 1. The van der Waals surface area contributed by atoms with Crippen LogP contribution in [0.15, 0.2) is 30.3 Å². The Morgan fingerprint density at radius 2 is 1.96 bits per heavy atom. The van der Waals surface area contributed by atoms with Crippen molar-refractivity contribution in [3.05, 3.63) is 35.9 Å². The minimum Gasteiger partial charge on any atom is -0.389 e. The SMILES string of the molecule is C[C@@H]1CC(C)(C)C[C@@]2(C1)NC(=O)N(C[C@H](O)COCc1ccccc1)C2=O. The molecule has 0 radical (unpaired) electrons. The lowest BCUT2D eigenvalue weighted by atomic mass is 9.64. The van der Waals surface area contributed by atoms with Crippen molar-refractivity contribution in [3.63, 3.8) is 0 Å². The summed E-state index contributed by atoms with van der Waals surface area (Å²) in [5.74, 6) is 0.145. The van der Waals surface area contributed by atoms with Crippen molar-refractivity contribution in [2.45, 2.75) is 58.3 Å². The summed E-state index contributed by atoms with van der Waals surface area (Å²) in [4.78, 5) is 26.7. The molecule has 1 spiro atoms. The van der Waals surface area contributed by atoms with E-state index in [9.17, 15) is 14.7 Å². The average Bonchev–Trinajstić information content (AvgIpc) is 2.77. The summed E-state index contributed by atoms with van der Waals surface area (Å²) in [5.41, 5.74) is 0.175. The largest absolute Gasteiger partial charge is 0.389 e. The molecule has 6 heteroatoms. The zero-order valence-corrected chi connectivity index (χ0v) is 16.4. The number of amides is 3. The summed E-state index contributed by atoms with van der Waals surface area (Å²) in [6, 6.07) is 9.26. The number of aliphatic hydroxyl groups excluding tert-OH is 1. The maximum absolute atomic E-state index is 13.0. The molecule has 0 bridgehead atoms. The van der Waals surface area contributed by atoms with Crippen LogP contribution in [0.4, 0.5) is 4.79 Å². The van der Waals surface area contributed by atoms with Crippen molar-refractivity contribution in [2.75, 3.05) is 13.2 Å². The topological polar surface area (TPSA) is 78.9 Å². The fourth-order valence-electron chi connectivity index (χ4n) is 4.82. The smallest absolute Gasteiger partial charge is 0.325 e. The molecule has 1 aromatic carbocycles. The minimum atomic E-state index is -0.910. The van der Waals surface area contributed by atoms with Crippen molar-refractivity contribution in [1.29, 1.82) is 0 Å². The fourth-order valence-corrected chi connectivity index (χ4v) is 4.82. The number of nitrogens with zero attached hydrogens (tertiary/aromatic N) is 1. The van der Waals surface area contributed by atoms with Crippen LogP contribution < -0.4 is 5.32 Å². The Morgan fingerprint density at radius 1 is 1.26 bits per heavy atom. The maximum Gasteiger partial charge on any atom is 0.325 e. The van der Waals surface area contributed by atoms with Gasteiger partial charge >= 0.3 is 6.03 Å². The van der Waals surface area contributed by atoms with Crippen LogP contribution in [0.2, 0.25) is 0 Å². The maximum atomic E-state index is 13.0. The summed E-state index contributed by atoms with van der Waals surface area (Å²) in [6.07, 6.45) is 1.41. The van der Waals surface area contributed by atoms with Gasteiger partial charge < -0.3 is 15.2 Å². The molecule has 0 unspecified atom stereocenters. The van der Waals surface area contributed by atoms with E-state index in [4.69, 9.17) is 4.74 Å². The summed E-state index contributed by atoms with van der Waals surface area (Å²) in [6.45, 7) is 6.80. The molecule has 1 aliphatic carbocycles. The molecule has 2 N–H and O–H groups in total. The molecule has 27 heavy (non-hydrogen) atoms. The number of aliphatic hydroxyl groups is 1. The Labute approximate surface area is 160 Å². The van der Waals surface area contributed by atoms with Gasteiger partial charge in [-0.3, -0.25) is 9.69 Å². The van der Waals surface area contributed by atoms with Gasteiger partial charge in [-0.05, 0) is 36.2 Å². The van der Waals surface area contributed by atoms with Crippen LogP contribution in [0.25, 0.3) is 0 Å². The highest BCUT2D eigenvalue weighted by atomic mass is 16.5. The lowest BCUT2D eigenvalue weighted by Gasteiger charge is -2.43. The number of imide groups is 1. The molecule has 1 saturated heterocycles. The van der Waals surface area contributed by atoms with E-state index in [0.29, 0.717) is 25.4 Å². The lowest BCUT2D eigenvalue weighted by molar-refractivity contribution is -0.136. The predicted molar refractivity (Wildman–Crippen MR) is 102 cm³/mol. The van der Waals surface area contributed by atoms with Crippen LogP contribution >= 0.6 is 0 Å². The second-order valence-electron chi connectivity index (χ2n) is 8.94. The van der Waals surface area contributed by atoms with Crippen molar-refractivity contribution in [2.24, 2.45) is 11.3 Å². The van der Waals surface area contributed by atoms with E-state index >= 15 is 0 Å². The van der Waals surface area contributed by atoms with Gasteiger partial charge in [0.2, 0.25) is 0 Å². The number of hydrogen-bond donors (Lipinski definition) is 2. The third kappa shape index (κ3) is 4.50. The summed E-state index contributed by atoms with van der Waals surface area (Å²) < 4.78 is 5.53. The molecule has 1 heterocycles. The molecule has 148 valence electrons. The number of carbonyl (C=O) groups excluding carboxylic acids is 2. The second-order valence-corrected chi connectivity index (χ2v) is 8.94. The van der Waals surface area contributed by atoms with E-state index in [2.05, 4.69) is 26.1 Å². The molecule has 1 aliphatic heterocycles. The summed E-state index contributed by atoms with van der Waals surface area (Å²) in [5, 5.41) is 13.2. The lowest BCUT2D eigenvalue weighted by Crippen LogP contribution is -2.54. The Morgan fingerprint density at radius 3 is 2.63 bits per heavy atom. The fraction of sp³-hybridized carbons (Fsp3) is 0.619. The molecule has 3 amide bonds. The van der Waals surface area contributed by atoms with Gasteiger partial charge in [-0.2, -0.15) is 0 Å². The standard InChI is InChI=1S/C21H30N2O4/c1-15-9-20(2,3)14-21(10-15)18(25)23(19(26)22-21)11-17(24)13-27-12-16-7-5-4-6-8-16/h4-8,15,17,24H,9-14H2,1-3H3,(H,22,26)/t15-,17+,21-/m1/s1. The first-order chi connectivity index (χ1) is 12.7. The molecule has 6 nitrogen and oxygen atoms in total. The average molecular weight is 374 g/mol. The predicted octanol–water partition coefficient (Wildman–Crippen LogP) is 2.70. The molecule has 2 fully saturated rings. The van der Waals surface area contributed by atoms with Crippen molar-refractivity contribution in [1.82, 2.24) is 10.2 Å². The van der Waals surface area contributed by atoms with Gasteiger partial charge in [0, 0.05) is 0 Å². The number of ether oxygens (including phenoxy) is 1. The molecule has 1 aromatic rings. The zero-order chi connectivity index (χ0) is 19.7. The van der Waals surface area contributed by atoms with Gasteiger partial charge in [0.15, 0.2) is 0 Å². The van der Waals surface area contributed by atoms with Gasteiger partial charge in [0.05, 0.1) is 25.9 Å². The Kier molecular flexibility index (Phi) is 5.58. The number of rotatable bonds is 6. The van der Waals surface area contributed by atoms with Gasteiger partial charge in [-0.1, -0.05) is 51.1 Å². The van der Waals surface area contributed by atoms with Gasteiger partial charge in [0.1, 0.15) is 5.54 Å². The van der Waals surface area contributed by atoms with Gasteiger partial charge in [-0.15, -0.1) is 0 Å². The second kappa shape index (κ2) is 7.60. The highest BCUT2D eigenvalue weighted by molar-refractivity contribution is 6.07. The number of carbonyl (C=O) groups is 2. The van der Waals surface area contributed by atoms with Crippen molar-refractivity contribution >= 4 is 11.9 Å². The van der Waals surface area contributed by atoms with Crippen LogP contribution in [0.1, 0.15) is 45.6 Å². The van der Waals surface area contributed by atoms with E-state index in [1.54, 1.807) is 0 Å². The van der Waals surface area contributed by atoms with Crippen LogP contribution in [0, 0.1) is 11.3 Å². The third-order valence-corrected chi connectivity index (χ3v) is 5.44. The molecule has 0 aromatic heterocycles. The Bertz CT molecular complexity index is 691. The van der Waals surface area contributed by atoms with Gasteiger partial charge in [0.25, 0.3) is 5.91 Å². The van der Waals surface area contributed by atoms with Crippen molar-refractivity contribution in [3.8, 4) is 0 Å². The first-order valence-corrected chi connectivity index (χ1v) is 9.65. The van der Waals surface area contributed by atoms with E-state index in [-0.39, 0.29) is 24.5 Å². The first-order valence-electron chi connectivity index (χ1n) is 9.65.